The Balaban J connectivity index is -0.0000000400. The molecule has 0 bridgehead atoms. The van der Waals surface area contributed by atoms with Crippen molar-refractivity contribution in [3.8, 4) is 0 Å². The van der Waals surface area contributed by atoms with Crippen LogP contribution in [0.2, 0.25) is 0 Å². The first kappa shape index (κ1) is 30.2. The third-order valence-corrected chi connectivity index (χ3v) is 0. The summed E-state index contributed by atoms with van der Waals surface area (Å²) in [6.45, 7) is 0. The van der Waals surface area contributed by atoms with E-state index in [0.717, 1.165) is 0 Å². The van der Waals surface area contributed by atoms with E-state index < -0.39 is 31.2 Å². The lowest BCUT2D eigenvalue weighted by Gasteiger charge is -1.68. The molecule has 0 spiro atoms. The third-order valence-electron chi connectivity index (χ3n) is 0. The molecule has 0 aliphatic rings. The van der Waals surface area contributed by atoms with Crippen molar-refractivity contribution in [1.29, 1.82) is 0 Å². The van der Waals surface area contributed by atoms with Crippen molar-refractivity contribution < 1.29 is 52.6 Å². The van der Waals surface area contributed by atoms with Gasteiger partial charge in [0.25, 0.3) is 0 Å². The Labute approximate surface area is 100 Å². The summed E-state index contributed by atoms with van der Waals surface area (Å²) >= 11 is 0. The molecule has 0 aliphatic heterocycles. The van der Waals surface area contributed by atoms with Crippen LogP contribution in [0.1, 0.15) is 0 Å². The predicted molar refractivity (Wildman–Crippen MR) is 58.7 cm³/mol. The summed E-state index contributed by atoms with van der Waals surface area (Å²) in [5.41, 5.74) is 0. The average Bonchev–Trinajstić information content (AvgIpc) is 1.41. The normalized spacial score (nSPS) is 10.2. The summed E-state index contributed by atoms with van der Waals surface area (Å²) < 4.78 is 94.8. The van der Waals surface area contributed by atoms with Crippen LogP contribution in [-0.2, 0) is 31.2 Å². The fourth-order valence-corrected chi connectivity index (χ4v) is 0. The predicted octanol–water partition coefficient (Wildman–Crippen LogP) is -1.74. The lowest BCUT2D eigenvalue weighted by Crippen LogP contribution is -1.89. The maximum Gasteiger partial charge on any atom is 0.394 e. The molecule has 0 radical (unpaired) electrons. The van der Waals surface area contributed by atoms with Crippen LogP contribution in [0.4, 0.5) is 0 Å². The highest BCUT2D eigenvalue weighted by Gasteiger charge is 1.85. The molecule has 0 amide bonds. The quantitative estimate of drug-likeness (QED) is 0.190. The van der Waals surface area contributed by atoms with E-state index in [4.69, 9.17) is 52.6 Å². The Morgan fingerprint density at radius 1 is 0.471 bits per heavy atom. The highest BCUT2D eigenvalue weighted by molar-refractivity contribution is 7.80. The molecule has 0 saturated carbocycles. The fourth-order valence-electron chi connectivity index (χ4n) is 0. The van der Waals surface area contributed by atoms with E-state index in [1.807, 2.05) is 0 Å². The summed E-state index contributed by atoms with van der Waals surface area (Å²) in [6.07, 6.45) is 0. The van der Waals surface area contributed by atoms with Crippen LogP contribution in [0, 0.1) is 0 Å². The Bertz CT molecular complexity index is 343. The summed E-state index contributed by atoms with van der Waals surface area (Å²) in [7, 11) is -14.0. The van der Waals surface area contributed by atoms with Gasteiger partial charge in [0.05, 0.1) is 0 Å². The molecule has 1 atom stereocenters. The van der Waals surface area contributed by atoms with E-state index in [1.54, 1.807) is 0 Å². The van der Waals surface area contributed by atoms with Crippen molar-refractivity contribution >= 4 is 41.1 Å². The standard InChI is InChI=1S/H3N.3H2O4S.H3P/c;3*1-5(2,3)4;/h1H3;3*(H2,1,2,3,4);1H3. The molecular formula is H12NO12PS3. The van der Waals surface area contributed by atoms with Gasteiger partial charge in [-0.05, 0) is 0 Å². The largest absolute Gasteiger partial charge is 0.394 e. The Hall–Kier alpha value is -0.000000000000000111. The molecule has 0 rings (SSSR count). The van der Waals surface area contributed by atoms with E-state index in [9.17, 15) is 0 Å². The molecule has 1 unspecified atom stereocenters. The summed E-state index contributed by atoms with van der Waals surface area (Å²) in [5.74, 6) is 0. The molecule has 0 aliphatic carbocycles. The summed E-state index contributed by atoms with van der Waals surface area (Å²) in [5, 5.41) is 0. The van der Waals surface area contributed by atoms with Crippen LogP contribution in [0.25, 0.3) is 0 Å². The zero-order valence-corrected chi connectivity index (χ0v) is 11.6. The van der Waals surface area contributed by atoms with Crippen LogP contribution in [0.5, 0.6) is 0 Å². The average molecular weight is 345 g/mol. The molecule has 17 heteroatoms. The van der Waals surface area contributed by atoms with Crippen molar-refractivity contribution in [1.82, 2.24) is 6.15 Å². The molecular weight excluding hydrogens is 333 g/mol. The third kappa shape index (κ3) is 253999999999999994246559202956804096. The van der Waals surface area contributed by atoms with Gasteiger partial charge in [0.2, 0.25) is 0 Å². The topological polar surface area (TPSA) is 259 Å². The van der Waals surface area contributed by atoms with Crippen LogP contribution in [-0.4, -0.2) is 52.6 Å². The van der Waals surface area contributed by atoms with Crippen LogP contribution in [0.15, 0.2) is 0 Å². The molecule has 0 aromatic carbocycles. The monoisotopic (exact) mass is 345 g/mol. The highest BCUT2D eigenvalue weighted by Crippen LogP contribution is 1.60. The minimum absolute atomic E-state index is 0. The van der Waals surface area contributed by atoms with Crippen molar-refractivity contribution in [2.75, 3.05) is 0 Å². The van der Waals surface area contributed by atoms with Gasteiger partial charge in [-0.1, -0.05) is 0 Å². The maximum absolute atomic E-state index is 8.74. The van der Waals surface area contributed by atoms with Crippen LogP contribution >= 0.6 is 9.90 Å². The first-order valence-corrected chi connectivity index (χ1v) is 6.29. The van der Waals surface area contributed by atoms with E-state index in [-0.39, 0.29) is 16.0 Å². The first-order chi connectivity index (χ1) is 6.00. The zero-order chi connectivity index (χ0) is 13.5. The molecule has 13 nitrogen and oxygen atoms in total. The number of hydrogen-bond acceptors (Lipinski definition) is 7. The van der Waals surface area contributed by atoms with Gasteiger partial charge in [-0.3, -0.25) is 27.3 Å². The van der Waals surface area contributed by atoms with Crippen LogP contribution in [0.3, 0.4) is 0 Å². The fraction of sp³-hybridized carbons (Fsp3) is 0. The van der Waals surface area contributed by atoms with Gasteiger partial charge in [0.1, 0.15) is 0 Å². The summed E-state index contributed by atoms with van der Waals surface area (Å²) in [4.78, 5) is 0. The van der Waals surface area contributed by atoms with Gasteiger partial charge in [0.15, 0.2) is 0 Å². The van der Waals surface area contributed by atoms with E-state index in [0.29, 0.717) is 0 Å². The SMILES string of the molecule is N.O=S(=O)(O)O.O=S(=O)(O)O.O=S(=O)(O)O.P. The second-order valence-corrected chi connectivity index (χ2v) is 4.03. The van der Waals surface area contributed by atoms with Gasteiger partial charge in [-0.15, -0.1) is 0 Å². The second-order valence-electron chi connectivity index (χ2n) is 1.34. The van der Waals surface area contributed by atoms with Crippen LogP contribution < -0.4 is 6.15 Å². The smallest absolute Gasteiger partial charge is 0.344 e. The van der Waals surface area contributed by atoms with Gasteiger partial charge in [-0.2, -0.15) is 35.2 Å². The zero-order valence-electron chi connectivity index (χ0n) is 7.77. The minimum Gasteiger partial charge on any atom is -0.344 e. The molecule has 0 fully saturated rings. The van der Waals surface area contributed by atoms with Gasteiger partial charge in [-0.25, -0.2) is 0 Å². The maximum atomic E-state index is 8.74. The molecule has 112 valence electrons. The molecule has 0 aromatic rings. The molecule has 0 aromatic heterocycles. The molecule has 9 N–H and O–H groups in total. The minimum atomic E-state index is -4.67. The lowest BCUT2D eigenvalue weighted by atomic mass is 14.0. The van der Waals surface area contributed by atoms with Crippen molar-refractivity contribution in [2.45, 2.75) is 0 Å². The van der Waals surface area contributed by atoms with Crippen molar-refractivity contribution in [3.63, 3.8) is 0 Å². The lowest BCUT2D eigenvalue weighted by molar-refractivity contribution is 0.378. The number of rotatable bonds is 0. The highest BCUT2D eigenvalue weighted by atomic mass is 32.3. The van der Waals surface area contributed by atoms with Gasteiger partial charge < -0.3 is 6.15 Å². The van der Waals surface area contributed by atoms with E-state index in [1.165, 1.54) is 0 Å². The Morgan fingerprint density at radius 2 is 0.471 bits per heavy atom. The van der Waals surface area contributed by atoms with Crippen molar-refractivity contribution in [3.05, 3.63) is 0 Å². The summed E-state index contributed by atoms with van der Waals surface area (Å²) in [6, 6.07) is 0. The molecule has 0 saturated heterocycles. The van der Waals surface area contributed by atoms with Crippen molar-refractivity contribution in [2.24, 2.45) is 0 Å². The van der Waals surface area contributed by atoms with E-state index in [2.05, 4.69) is 0 Å². The van der Waals surface area contributed by atoms with Gasteiger partial charge in [0, 0.05) is 0 Å². The van der Waals surface area contributed by atoms with E-state index >= 15 is 0 Å². The Kier molecular flexibility index (Phi) is 19.8. The first-order valence-electron chi connectivity index (χ1n) is 2.10. The molecule has 0 heterocycles. The Morgan fingerprint density at radius 3 is 0.471 bits per heavy atom. The van der Waals surface area contributed by atoms with Gasteiger partial charge >= 0.3 is 31.2 Å². The second kappa shape index (κ2) is 11.1. The molecule has 17 heavy (non-hydrogen) atoms. The number of hydrogen-bond donors (Lipinski definition) is 7.